The Kier molecular flexibility index (Phi) is 4.97. The van der Waals surface area contributed by atoms with Crippen LogP contribution >= 0.6 is 15.9 Å². The lowest BCUT2D eigenvalue weighted by Crippen LogP contribution is -1.97. The number of halogens is 1. The lowest BCUT2D eigenvalue weighted by Gasteiger charge is -2.18. The molecule has 0 saturated heterocycles. The van der Waals surface area contributed by atoms with Crippen molar-refractivity contribution < 1.29 is 4.42 Å². The van der Waals surface area contributed by atoms with Crippen molar-refractivity contribution in [1.29, 1.82) is 0 Å². The predicted molar refractivity (Wildman–Crippen MR) is 142 cm³/mol. The van der Waals surface area contributed by atoms with Gasteiger partial charge in [-0.2, -0.15) is 0 Å². The average Bonchev–Trinajstić information content (AvgIpc) is 3.25. The Balaban J connectivity index is 1.56. The van der Waals surface area contributed by atoms with E-state index < -0.39 is 0 Å². The first-order chi connectivity index (χ1) is 16.3. The molecule has 5 aromatic carbocycles. The maximum Gasteiger partial charge on any atom is 0.149 e. The molecule has 0 aliphatic carbocycles. The first-order valence-electron chi connectivity index (χ1n) is 10.9. The normalized spacial score (nSPS) is 11.2. The van der Waals surface area contributed by atoms with Gasteiger partial charge < -0.3 is 9.73 Å². The molecule has 0 fully saturated rings. The lowest BCUT2D eigenvalue weighted by atomic mass is 9.95. The summed E-state index contributed by atoms with van der Waals surface area (Å²) in [7, 11) is 0. The van der Waals surface area contributed by atoms with Crippen LogP contribution in [0.3, 0.4) is 0 Å². The molecule has 0 saturated carbocycles. The smallest absolute Gasteiger partial charge is 0.149 e. The van der Waals surface area contributed by atoms with Crippen LogP contribution in [0.15, 0.2) is 124 Å². The maximum absolute atomic E-state index is 6.10. The van der Waals surface area contributed by atoms with Crippen molar-refractivity contribution in [3.8, 4) is 22.3 Å². The third-order valence-corrected chi connectivity index (χ3v) is 6.53. The van der Waals surface area contributed by atoms with E-state index in [1.54, 1.807) is 0 Å². The Morgan fingerprint density at radius 2 is 1.18 bits per heavy atom. The zero-order chi connectivity index (χ0) is 22.2. The fourth-order valence-corrected chi connectivity index (χ4v) is 4.95. The molecule has 3 heteroatoms. The third kappa shape index (κ3) is 3.61. The molecule has 33 heavy (non-hydrogen) atoms. The Morgan fingerprint density at radius 3 is 1.85 bits per heavy atom. The fourth-order valence-electron chi connectivity index (χ4n) is 4.41. The maximum atomic E-state index is 6.10. The van der Waals surface area contributed by atoms with E-state index >= 15 is 0 Å². The molecule has 0 atom stereocenters. The predicted octanol–water partition coefficient (Wildman–Crippen LogP) is 9.43. The van der Waals surface area contributed by atoms with Crippen LogP contribution in [-0.4, -0.2) is 0 Å². The highest BCUT2D eigenvalue weighted by atomic mass is 79.9. The number of para-hydroxylation sites is 2. The minimum Gasteiger partial charge on any atom is -0.455 e. The molecule has 1 heterocycles. The van der Waals surface area contributed by atoms with E-state index in [1.807, 2.05) is 30.3 Å². The van der Waals surface area contributed by atoms with Gasteiger partial charge in [-0.3, -0.25) is 0 Å². The van der Waals surface area contributed by atoms with Gasteiger partial charge in [-0.15, -0.1) is 0 Å². The molecule has 0 aliphatic heterocycles. The van der Waals surface area contributed by atoms with Crippen LogP contribution in [0.1, 0.15) is 0 Å². The van der Waals surface area contributed by atoms with E-state index in [0.717, 1.165) is 48.9 Å². The van der Waals surface area contributed by atoms with Crippen molar-refractivity contribution >= 4 is 49.2 Å². The number of hydrogen-bond acceptors (Lipinski definition) is 2. The molecule has 158 valence electrons. The minimum atomic E-state index is 0.862. The van der Waals surface area contributed by atoms with Crippen molar-refractivity contribution in [2.45, 2.75) is 0 Å². The van der Waals surface area contributed by atoms with Crippen LogP contribution in [0.5, 0.6) is 0 Å². The summed E-state index contributed by atoms with van der Waals surface area (Å²) < 4.78 is 7.03. The van der Waals surface area contributed by atoms with E-state index in [1.165, 1.54) is 11.1 Å². The highest BCUT2D eigenvalue weighted by Crippen LogP contribution is 2.41. The fraction of sp³-hybridized carbons (Fsp3) is 0. The Morgan fingerprint density at radius 1 is 0.576 bits per heavy atom. The van der Waals surface area contributed by atoms with E-state index in [9.17, 15) is 0 Å². The quantitative estimate of drug-likeness (QED) is 0.266. The van der Waals surface area contributed by atoms with Gasteiger partial charge in [0.1, 0.15) is 11.2 Å². The number of fused-ring (bicyclic) bond motifs is 3. The summed E-state index contributed by atoms with van der Waals surface area (Å²) in [4.78, 5) is 0. The standard InChI is InChI=1S/C30H20BrNO/c31-27-19-22(18-26-25-14-7-8-17-28(25)33-30(26)27)32-29-23(20-10-3-1-4-11-20)15-9-16-24(29)21-12-5-2-6-13-21/h1-19,32H. The zero-order valence-electron chi connectivity index (χ0n) is 17.8. The van der Waals surface area contributed by atoms with Crippen LogP contribution in [0.25, 0.3) is 44.2 Å². The molecule has 1 aromatic heterocycles. The van der Waals surface area contributed by atoms with Crippen LogP contribution in [0.2, 0.25) is 0 Å². The van der Waals surface area contributed by atoms with Crippen LogP contribution < -0.4 is 5.32 Å². The summed E-state index contributed by atoms with van der Waals surface area (Å²) in [6.07, 6.45) is 0. The second-order valence-corrected chi connectivity index (χ2v) is 8.87. The van der Waals surface area contributed by atoms with Crippen molar-refractivity contribution in [3.63, 3.8) is 0 Å². The molecule has 0 bridgehead atoms. The van der Waals surface area contributed by atoms with Gasteiger partial charge in [0.15, 0.2) is 0 Å². The number of hydrogen-bond donors (Lipinski definition) is 1. The lowest BCUT2D eigenvalue weighted by molar-refractivity contribution is 0.667. The summed E-state index contributed by atoms with van der Waals surface area (Å²) in [6, 6.07) is 39.9. The van der Waals surface area contributed by atoms with E-state index in [4.69, 9.17) is 4.42 Å². The number of rotatable bonds is 4. The molecule has 0 spiro atoms. The number of anilines is 2. The van der Waals surface area contributed by atoms with Gasteiger partial charge >= 0.3 is 0 Å². The molecule has 6 rings (SSSR count). The van der Waals surface area contributed by atoms with E-state index in [2.05, 4.69) is 106 Å². The largest absolute Gasteiger partial charge is 0.455 e. The molecule has 0 radical (unpaired) electrons. The average molecular weight is 490 g/mol. The summed E-state index contributed by atoms with van der Waals surface area (Å²) >= 11 is 3.73. The minimum absolute atomic E-state index is 0.862. The second kappa shape index (κ2) is 8.27. The van der Waals surface area contributed by atoms with Gasteiger partial charge in [0.25, 0.3) is 0 Å². The molecule has 2 nitrogen and oxygen atoms in total. The topological polar surface area (TPSA) is 25.2 Å². The summed E-state index contributed by atoms with van der Waals surface area (Å²) in [5, 5.41) is 5.95. The van der Waals surface area contributed by atoms with Crippen molar-refractivity contribution in [1.82, 2.24) is 0 Å². The Bertz CT molecular complexity index is 1530. The van der Waals surface area contributed by atoms with Gasteiger partial charge in [-0.1, -0.05) is 97.1 Å². The van der Waals surface area contributed by atoms with Gasteiger partial charge in [0, 0.05) is 27.6 Å². The third-order valence-electron chi connectivity index (χ3n) is 5.94. The number of furan rings is 1. The van der Waals surface area contributed by atoms with Crippen LogP contribution in [0, 0.1) is 0 Å². The molecule has 0 amide bonds. The highest BCUT2D eigenvalue weighted by Gasteiger charge is 2.15. The number of nitrogens with one attached hydrogen (secondary N) is 1. The van der Waals surface area contributed by atoms with Crippen molar-refractivity contribution in [3.05, 3.63) is 120 Å². The highest BCUT2D eigenvalue weighted by molar-refractivity contribution is 9.10. The van der Waals surface area contributed by atoms with E-state index in [-0.39, 0.29) is 0 Å². The van der Waals surface area contributed by atoms with Gasteiger partial charge in [-0.05, 0) is 45.3 Å². The molecule has 0 unspecified atom stereocenters. The van der Waals surface area contributed by atoms with Gasteiger partial charge in [0.2, 0.25) is 0 Å². The first-order valence-corrected chi connectivity index (χ1v) is 11.7. The van der Waals surface area contributed by atoms with Gasteiger partial charge in [0.05, 0.1) is 10.2 Å². The molecule has 6 aromatic rings. The molecular weight excluding hydrogens is 470 g/mol. The van der Waals surface area contributed by atoms with Crippen LogP contribution in [0.4, 0.5) is 11.4 Å². The SMILES string of the molecule is Brc1cc(Nc2c(-c3ccccc3)cccc2-c2ccccc2)cc2c1oc1ccccc12. The summed E-state index contributed by atoms with van der Waals surface area (Å²) in [6.45, 7) is 0. The van der Waals surface area contributed by atoms with Crippen molar-refractivity contribution in [2.75, 3.05) is 5.32 Å². The first kappa shape index (κ1) is 19.8. The summed E-state index contributed by atoms with van der Waals surface area (Å²) in [5.41, 5.74) is 8.49. The van der Waals surface area contributed by atoms with Crippen LogP contribution in [-0.2, 0) is 0 Å². The molecule has 0 aliphatic rings. The number of benzene rings is 5. The van der Waals surface area contributed by atoms with Gasteiger partial charge in [-0.25, -0.2) is 0 Å². The second-order valence-electron chi connectivity index (χ2n) is 8.02. The molecular formula is C30H20BrNO. The van der Waals surface area contributed by atoms with E-state index in [0.29, 0.717) is 0 Å². The Labute approximate surface area is 200 Å². The monoisotopic (exact) mass is 489 g/mol. The molecule has 1 N–H and O–H groups in total. The Hall–Kier alpha value is -3.82. The zero-order valence-corrected chi connectivity index (χ0v) is 19.3. The summed E-state index contributed by atoms with van der Waals surface area (Å²) in [5.74, 6) is 0. The van der Waals surface area contributed by atoms with Crippen molar-refractivity contribution in [2.24, 2.45) is 0 Å².